The molecule has 0 saturated heterocycles. The van der Waals surface area contributed by atoms with Crippen LogP contribution < -0.4 is 5.32 Å². The van der Waals surface area contributed by atoms with Gasteiger partial charge in [-0.25, -0.2) is 9.97 Å². The first-order valence-corrected chi connectivity index (χ1v) is 6.15. The van der Waals surface area contributed by atoms with Gasteiger partial charge in [-0.05, 0) is 18.9 Å². The molecule has 0 aliphatic rings. The third kappa shape index (κ3) is 3.89. The summed E-state index contributed by atoms with van der Waals surface area (Å²) in [5.74, 6) is -1.59. The Balaban J connectivity index is 2.77. The first-order chi connectivity index (χ1) is 8.75. The van der Waals surface area contributed by atoms with E-state index in [9.17, 15) is 14.7 Å². The van der Waals surface area contributed by atoms with Crippen molar-refractivity contribution in [3.05, 3.63) is 17.4 Å². The first kappa shape index (κ1) is 15.4. The van der Waals surface area contributed by atoms with Gasteiger partial charge < -0.3 is 5.11 Å². The molecule has 0 aliphatic carbocycles. The number of anilines is 1. The molecule has 0 fully saturated rings. The van der Waals surface area contributed by atoms with Crippen LogP contribution >= 0.6 is 11.6 Å². The number of carboxylic acids is 1. The molecule has 0 spiro atoms. The van der Waals surface area contributed by atoms with Gasteiger partial charge in [-0.15, -0.1) is 0 Å². The fraction of sp³-hybridized carbons (Fsp3) is 0.500. The van der Waals surface area contributed by atoms with Crippen LogP contribution in [0.25, 0.3) is 0 Å². The van der Waals surface area contributed by atoms with Gasteiger partial charge in [-0.3, -0.25) is 14.9 Å². The first-order valence-electron chi connectivity index (χ1n) is 5.77. The van der Waals surface area contributed by atoms with Gasteiger partial charge in [0.15, 0.2) is 0 Å². The van der Waals surface area contributed by atoms with Crippen molar-refractivity contribution in [1.29, 1.82) is 0 Å². The van der Waals surface area contributed by atoms with Crippen LogP contribution in [0.1, 0.15) is 27.2 Å². The number of aliphatic carboxylic acids is 1. The maximum absolute atomic E-state index is 11.9. The Morgan fingerprint density at radius 1 is 1.53 bits per heavy atom. The molecule has 19 heavy (non-hydrogen) atoms. The minimum absolute atomic E-state index is 0.0639. The van der Waals surface area contributed by atoms with Crippen molar-refractivity contribution in [2.75, 3.05) is 5.32 Å². The predicted molar refractivity (Wildman–Crippen MR) is 70.9 cm³/mol. The highest BCUT2D eigenvalue weighted by Gasteiger charge is 2.38. The van der Waals surface area contributed by atoms with Crippen LogP contribution in [0.2, 0.25) is 5.15 Å². The topological polar surface area (TPSA) is 92.2 Å². The molecule has 6 nitrogen and oxygen atoms in total. The number of carbonyl (C=O) groups excluding carboxylic acids is 1. The molecule has 7 heteroatoms. The van der Waals surface area contributed by atoms with Crippen molar-refractivity contribution in [2.24, 2.45) is 11.3 Å². The fourth-order valence-electron chi connectivity index (χ4n) is 1.43. The van der Waals surface area contributed by atoms with Crippen LogP contribution in [0.15, 0.2) is 12.3 Å². The number of aromatic nitrogens is 2. The third-order valence-corrected chi connectivity index (χ3v) is 3.37. The van der Waals surface area contributed by atoms with E-state index in [0.29, 0.717) is 0 Å². The zero-order chi connectivity index (χ0) is 14.6. The molecule has 1 amide bonds. The number of carboxylic acid groups (broad SMARTS) is 1. The second kappa shape index (κ2) is 5.97. The number of nitrogens with zero attached hydrogens (tertiary/aromatic N) is 2. The van der Waals surface area contributed by atoms with Crippen LogP contribution in [-0.2, 0) is 9.59 Å². The Kier molecular flexibility index (Phi) is 4.83. The summed E-state index contributed by atoms with van der Waals surface area (Å²) in [5, 5.41) is 11.9. The summed E-state index contributed by atoms with van der Waals surface area (Å²) in [6, 6.07) is 1.48. The summed E-state index contributed by atoms with van der Waals surface area (Å²) in [4.78, 5) is 30.8. The lowest BCUT2D eigenvalue weighted by atomic mass is 9.76. The van der Waals surface area contributed by atoms with Crippen LogP contribution in [-0.4, -0.2) is 27.0 Å². The van der Waals surface area contributed by atoms with E-state index >= 15 is 0 Å². The lowest BCUT2D eigenvalue weighted by molar-refractivity contribution is -0.153. The number of hydrogen-bond donors (Lipinski definition) is 2. The van der Waals surface area contributed by atoms with E-state index in [1.54, 1.807) is 20.8 Å². The molecule has 0 aromatic carbocycles. The Morgan fingerprint density at radius 3 is 2.63 bits per heavy atom. The van der Waals surface area contributed by atoms with E-state index < -0.39 is 17.3 Å². The highest BCUT2D eigenvalue weighted by atomic mass is 35.5. The van der Waals surface area contributed by atoms with Crippen molar-refractivity contribution in [3.8, 4) is 0 Å². The molecule has 0 saturated carbocycles. The van der Waals surface area contributed by atoms with Gasteiger partial charge in [0.25, 0.3) is 0 Å². The van der Waals surface area contributed by atoms with Crippen molar-refractivity contribution < 1.29 is 14.7 Å². The predicted octanol–water partition coefficient (Wildman–Crippen LogP) is 2.21. The van der Waals surface area contributed by atoms with Crippen molar-refractivity contribution in [3.63, 3.8) is 0 Å². The average molecular weight is 286 g/mol. The van der Waals surface area contributed by atoms with Gasteiger partial charge in [0.05, 0.1) is 5.41 Å². The Hall–Kier alpha value is -1.69. The fourth-order valence-corrected chi connectivity index (χ4v) is 1.56. The standard InChI is InChI=1S/C12H16ClN3O3/c1-7(2)12(3,10(18)19)6-9(17)16-11-14-5-4-8(13)15-11/h4-5,7H,6H2,1-3H3,(H,18,19)(H,14,15,16,17). The van der Waals surface area contributed by atoms with Gasteiger partial charge in [-0.1, -0.05) is 25.4 Å². The molecule has 0 radical (unpaired) electrons. The average Bonchev–Trinajstić information content (AvgIpc) is 2.27. The maximum atomic E-state index is 11.9. The molecular weight excluding hydrogens is 270 g/mol. The van der Waals surface area contributed by atoms with E-state index in [1.165, 1.54) is 12.3 Å². The molecule has 0 aliphatic heterocycles. The summed E-state index contributed by atoms with van der Waals surface area (Å²) in [6.45, 7) is 5.06. The molecule has 1 aromatic heterocycles. The number of halogens is 1. The largest absolute Gasteiger partial charge is 0.481 e. The molecule has 1 unspecified atom stereocenters. The molecule has 1 heterocycles. The number of hydrogen-bond acceptors (Lipinski definition) is 4. The van der Waals surface area contributed by atoms with Crippen molar-refractivity contribution in [2.45, 2.75) is 27.2 Å². The van der Waals surface area contributed by atoms with E-state index in [-0.39, 0.29) is 23.4 Å². The van der Waals surface area contributed by atoms with Crippen LogP contribution in [0.5, 0.6) is 0 Å². The third-order valence-electron chi connectivity index (χ3n) is 3.16. The number of amides is 1. The lowest BCUT2D eigenvalue weighted by Gasteiger charge is -2.28. The van der Waals surface area contributed by atoms with Gasteiger partial charge >= 0.3 is 5.97 Å². The number of nitrogens with one attached hydrogen (secondary N) is 1. The Labute approximate surface area is 116 Å². The summed E-state index contributed by atoms with van der Waals surface area (Å²) < 4.78 is 0. The highest BCUT2D eigenvalue weighted by molar-refractivity contribution is 6.29. The zero-order valence-corrected chi connectivity index (χ0v) is 11.7. The van der Waals surface area contributed by atoms with E-state index in [0.717, 1.165) is 0 Å². The van der Waals surface area contributed by atoms with Crippen molar-refractivity contribution >= 4 is 29.4 Å². The SMILES string of the molecule is CC(C)C(C)(CC(=O)Nc1nccc(Cl)n1)C(=O)O. The Morgan fingerprint density at radius 2 is 2.16 bits per heavy atom. The molecular formula is C12H16ClN3O3. The minimum atomic E-state index is -1.14. The molecule has 0 bridgehead atoms. The second-order valence-electron chi connectivity index (χ2n) is 4.81. The van der Waals surface area contributed by atoms with Crippen molar-refractivity contribution in [1.82, 2.24) is 9.97 Å². The van der Waals surface area contributed by atoms with E-state index in [4.69, 9.17) is 11.6 Å². The molecule has 1 aromatic rings. The lowest BCUT2D eigenvalue weighted by Crippen LogP contribution is -2.37. The normalized spacial score (nSPS) is 13.9. The molecule has 2 N–H and O–H groups in total. The molecule has 104 valence electrons. The summed E-state index contributed by atoms with van der Waals surface area (Å²) >= 11 is 5.67. The highest BCUT2D eigenvalue weighted by Crippen LogP contribution is 2.31. The number of rotatable bonds is 5. The van der Waals surface area contributed by atoms with E-state index in [2.05, 4.69) is 15.3 Å². The zero-order valence-electron chi connectivity index (χ0n) is 11.0. The second-order valence-corrected chi connectivity index (χ2v) is 5.19. The van der Waals surface area contributed by atoms with Gasteiger partial charge in [0, 0.05) is 12.6 Å². The monoisotopic (exact) mass is 285 g/mol. The Bertz CT molecular complexity index is 493. The molecule has 1 rings (SSSR count). The smallest absolute Gasteiger partial charge is 0.310 e. The quantitative estimate of drug-likeness (QED) is 0.809. The maximum Gasteiger partial charge on any atom is 0.310 e. The summed E-state index contributed by atoms with van der Waals surface area (Å²) in [6.07, 6.45) is 1.25. The van der Waals surface area contributed by atoms with Gasteiger partial charge in [0.1, 0.15) is 5.15 Å². The van der Waals surface area contributed by atoms with Gasteiger partial charge in [0.2, 0.25) is 11.9 Å². The van der Waals surface area contributed by atoms with E-state index in [1.807, 2.05) is 0 Å². The van der Waals surface area contributed by atoms with Crippen LogP contribution in [0.4, 0.5) is 5.95 Å². The van der Waals surface area contributed by atoms with Crippen LogP contribution in [0, 0.1) is 11.3 Å². The summed E-state index contributed by atoms with van der Waals surface area (Å²) in [5.41, 5.74) is -1.14. The summed E-state index contributed by atoms with van der Waals surface area (Å²) in [7, 11) is 0. The number of carbonyl (C=O) groups is 2. The molecule has 1 atom stereocenters. The van der Waals surface area contributed by atoms with Gasteiger partial charge in [-0.2, -0.15) is 0 Å². The van der Waals surface area contributed by atoms with Crippen LogP contribution in [0.3, 0.4) is 0 Å². The minimum Gasteiger partial charge on any atom is -0.481 e.